The summed E-state index contributed by atoms with van der Waals surface area (Å²) in [6.45, 7) is 9.72. The van der Waals surface area contributed by atoms with Crippen LogP contribution in [-0.4, -0.2) is 60.3 Å². The summed E-state index contributed by atoms with van der Waals surface area (Å²) in [6, 6.07) is 1.83. The van der Waals surface area contributed by atoms with Gasteiger partial charge < -0.3 is 33.2 Å². The highest BCUT2D eigenvalue weighted by Gasteiger charge is 2.91. The summed E-state index contributed by atoms with van der Waals surface area (Å²) in [5.74, 6) is -4.55. The number of esters is 3. The molecule has 42 heavy (non-hydrogen) atoms. The van der Waals surface area contributed by atoms with Crippen LogP contribution in [0, 0.1) is 39.9 Å². The maximum atomic E-state index is 13.3. The van der Waals surface area contributed by atoms with Gasteiger partial charge in [-0.1, -0.05) is 26.8 Å². The number of cyclic esters (lactones) is 1. The first-order valence-electron chi connectivity index (χ1n) is 15.0. The second-order valence-corrected chi connectivity index (χ2v) is 14.1. The summed E-state index contributed by atoms with van der Waals surface area (Å²) in [4.78, 5) is 39.5. The third-order valence-electron chi connectivity index (χ3n) is 12.6. The molecule has 0 amide bonds. The fraction of sp³-hybridized carbons (Fsp3) is 0.719. The van der Waals surface area contributed by atoms with E-state index in [0.717, 1.165) is 5.56 Å². The molecule has 1 aromatic heterocycles. The van der Waals surface area contributed by atoms with Gasteiger partial charge in [-0.2, -0.15) is 0 Å². The SMILES string of the molecule is C/C=C(\C)C(=O)O[C@@H]1[C@@H]2[C@H]3O[C@]34[C@@H]3CC(=O)O[C@@H](c5ccoc5)[C@]3(C)CC[C@@H]4[C@]3(C)[C@@H](CC(=O)OC)[C@@]1(C)CO[C@]23O. The van der Waals surface area contributed by atoms with Gasteiger partial charge in [-0.05, 0) is 38.7 Å². The first kappa shape index (κ1) is 28.1. The second-order valence-electron chi connectivity index (χ2n) is 14.1. The van der Waals surface area contributed by atoms with Crippen molar-refractivity contribution in [1.82, 2.24) is 0 Å². The zero-order valence-corrected chi connectivity index (χ0v) is 25.0. The Balaban J connectivity index is 1.39. The minimum Gasteiger partial charge on any atom is -0.472 e. The Morgan fingerprint density at radius 2 is 1.95 bits per heavy atom. The Morgan fingerprint density at radius 3 is 2.62 bits per heavy atom. The lowest BCUT2D eigenvalue weighted by Crippen LogP contribution is -2.83. The number of methoxy groups -OCH3 is 1. The summed E-state index contributed by atoms with van der Waals surface area (Å²) in [5.41, 5.74) is -1.78. The van der Waals surface area contributed by atoms with Crippen molar-refractivity contribution in [3.05, 3.63) is 35.8 Å². The molecular formula is C32H40O10. The average Bonchev–Trinajstić information content (AvgIpc) is 3.41. The molecule has 228 valence electrons. The van der Waals surface area contributed by atoms with Crippen molar-refractivity contribution in [3.8, 4) is 0 Å². The number of ether oxygens (including phenoxy) is 5. The van der Waals surface area contributed by atoms with E-state index in [0.29, 0.717) is 18.4 Å². The molecule has 4 saturated heterocycles. The molecule has 1 spiro atoms. The predicted octanol–water partition coefficient (Wildman–Crippen LogP) is 3.87. The number of fused-ring (bicyclic) bond motifs is 2. The zero-order valence-electron chi connectivity index (χ0n) is 25.0. The molecule has 0 aromatic carbocycles. The molecule has 1 aromatic rings. The standard InChI is InChI=1S/C32H40O10/c1-7-16(2)27(35)41-25-23-26-31(42-26)18(30(5)19(12-21(33)37-6)29(25,4)15-39-32(23,30)36)8-10-28(3)20(31)13-22(34)40-24(28)17-9-11-38-14-17/h7,9,11,14,18-20,23-26,36H,8,10,12-13,15H2,1-6H3/b16-7+/t18-,19+,20-,23-,24+,25-,26-,28-,29-,30-,31-,32-/m1/s1. The van der Waals surface area contributed by atoms with Crippen LogP contribution >= 0.6 is 0 Å². The van der Waals surface area contributed by atoms with Crippen molar-refractivity contribution in [3.63, 3.8) is 0 Å². The van der Waals surface area contributed by atoms with E-state index in [2.05, 4.69) is 6.92 Å². The highest BCUT2D eigenvalue weighted by atomic mass is 16.7. The van der Waals surface area contributed by atoms with Gasteiger partial charge >= 0.3 is 17.9 Å². The summed E-state index contributed by atoms with van der Waals surface area (Å²) >= 11 is 0. The number of epoxide rings is 1. The van der Waals surface area contributed by atoms with E-state index < -0.39 is 69.7 Å². The van der Waals surface area contributed by atoms with E-state index in [1.54, 1.807) is 32.4 Å². The second kappa shape index (κ2) is 8.70. The first-order chi connectivity index (χ1) is 19.8. The van der Waals surface area contributed by atoms with Gasteiger partial charge in [0.15, 0.2) is 5.79 Å². The Bertz CT molecular complexity index is 1370. The molecular weight excluding hydrogens is 544 g/mol. The Morgan fingerprint density at radius 1 is 1.19 bits per heavy atom. The van der Waals surface area contributed by atoms with Crippen LogP contribution in [-0.2, 0) is 38.1 Å². The van der Waals surface area contributed by atoms with Crippen LogP contribution in [0.15, 0.2) is 34.7 Å². The van der Waals surface area contributed by atoms with Crippen molar-refractivity contribution in [1.29, 1.82) is 0 Å². The molecule has 10 nitrogen and oxygen atoms in total. The molecule has 0 unspecified atom stereocenters. The molecule has 5 heterocycles. The average molecular weight is 585 g/mol. The molecule has 12 atom stereocenters. The van der Waals surface area contributed by atoms with Crippen LogP contribution in [0.1, 0.15) is 72.0 Å². The van der Waals surface area contributed by atoms with Gasteiger partial charge in [-0.15, -0.1) is 0 Å². The highest BCUT2D eigenvalue weighted by Crippen LogP contribution is 2.82. The van der Waals surface area contributed by atoms with Crippen LogP contribution < -0.4 is 0 Å². The smallest absolute Gasteiger partial charge is 0.333 e. The topological polar surface area (TPSA) is 134 Å². The van der Waals surface area contributed by atoms with Crippen LogP contribution in [0.4, 0.5) is 0 Å². The van der Waals surface area contributed by atoms with Crippen molar-refractivity contribution in [2.75, 3.05) is 13.7 Å². The fourth-order valence-corrected chi connectivity index (χ4v) is 10.4. The third kappa shape index (κ3) is 3.13. The molecule has 4 bridgehead atoms. The Hall–Kier alpha value is -2.69. The number of hydrogen-bond donors (Lipinski definition) is 1. The van der Waals surface area contributed by atoms with Gasteiger partial charge in [0.05, 0.1) is 44.7 Å². The Labute approximate surface area is 245 Å². The molecule has 10 heteroatoms. The van der Waals surface area contributed by atoms with Gasteiger partial charge in [0, 0.05) is 45.6 Å². The van der Waals surface area contributed by atoms with E-state index in [-0.39, 0.29) is 37.3 Å². The van der Waals surface area contributed by atoms with Crippen LogP contribution in [0.5, 0.6) is 0 Å². The zero-order chi connectivity index (χ0) is 30.0. The van der Waals surface area contributed by atoms with Gasteiger partial charge in [-0.3, -0.25) is 9.59 Å². The molecule has 7 aliphatic rings. The lowest BCUT2D eigenvalue weighted by molar-refractivity contribution is -0.446. The quantitative estimate of drug-likeness (QED) is 0.235. The lowest BCUT2D eigenvalue weighted by atomic mass is 9.34. The summed E-state index contributed by atoms with van der Waals surface area (Å²) in [7, 11) is 1.35. The van der Waals surface area contributed by atoms with Crippen LogP contribution in [0.25, 0.3) is 0 Å². The van der Waals surface area contributed by atoms with Crippen LogP contribution in [0.2, 0.25) is 0 Å². The highest BCUT2D eigenvalue weighted by molar-refractivity contribution is 5.87. The van der Waals surface area contributed by atoms with Crippen LogP contribution in [0.3, 0.4) is 0 Å². The van der Waals surface area contributed by atoms with E-state index >= 15 is 0 Å². The maximum Gasteiger partial charge on any atom is 0.333 e. The first-order valence-corrected chi connectivity index (χ1v) is 15.0. The predicted molar refractivity (Wildman–Crippen MR) is 144 cm³/mol. The number of furan rings is 1. The summed E-state index contributed by atoms with van der Waals surface area (Å²) in [6.07, 6.45) is 4.65. The van der Waals surface area contributed by atoms with Gasteiger partial charge in [-0.25, -0.2) is 4.79 Å². The largest absolute Gasteiger partial charge is 0.472 e. The molecule has 4 aliphatic heterocycles. The number of carbonyl (C=O) groups is 3. The molecule has 0 radical (unpaired) electrons. The normalized spacial score (nSPS) is 50.1. The van der Waals surface area contributed by atoms with Gasteiger partial charge in [0.2, 0.25) is 0 Å². The van der Waals surface area contributed by atoms with Gasteiger partial charge in [0.25, 0.3) is 0 Å². The monoisotopic (exact) mass is 584 g/mol. The van der Waals surface area contributed by atoms with E-state index in [4.69, 9.17) is 28.1 Å². The van der Waals surface area contributed by atoms with E-state index in [9.17, 15) is 19.5 Å². The number of rotatable bonds is 5. The lowest BCUT2D eigenvalue weighted by Gasteiger charge is -2.74. The summed E-state index contributed by atoms with van der Waals surface area (Å²) in [5, 5.41) is 12.7. The third-order valence-corrected chi connectivity index (χ3v) is 12.6. The number of allylic oxidation sites excluding steroid dienone is 1. The van der Waals surface area contributed by atoms with Crippen molar-refractivity contribution in [2.45, 2.75) is 90.0 Å². The van der Waals surface area contributed by atoms with E-state index in [1.807, 2.05) is 19.9 Å². The summed E-state index contributed by atoms with van der Waals surface area (Å²) < 4.78 is 36.0. The number of hydrogen-bond acceptors (Lipinski definition) is 10. The molecule has 7 fully saturated rings. The molecule has 3 saturated carbocycles. The van der Waals surface area contributed by atoms with Crippen molar-refractivity contribution in [2.24, 2.45) is 39.9 Å². The number of aliphatic hydroxyl groups is 1. The van der Waals surface area contributed by atoms with Gasteiger partial charge in [0.1, 0.15) is 17.8 Å². The maximum absolute atomic E-state index is 13.3. The van der Waals surface area contributed by atoms with Crippen molar-refractivity contribution < 1.29 is 47.6 Å². The Kier molecular flexibility index (Phi) is 5.82. The number of carbonyl (C=O) groups excluding carboxylic acids is 3. The van der Waals surface area contributed by atoms with Crippen molar-refractivity contribution >= 4 is 17.9 Å². The molecule has 3 aliphatic carbocycles. The molecule has 8 rings (SSSR count). The minimum absolute atomic E-state index is 0.0252. The minimum atomic E-state index is -1.72. The fourth-order valence-electron chi connectivity index (χ4n) is 10.4. The molecule has 1 N–H and O–H groups in total. The van der Waals surface area contributed by atoms with E-state index in [1.165, 1.54) is 7.11 Å².